The van der Waals surface area contributed by atoms with Crippen LogP contribution in [0.4, 0.5) is 4.39 Å². The highest BCUT2D eigenvalue weighted by molar-refractivity contribution is 5.78. The molecular weight excluding hydrogens is 389 g/mol. The zero-order valence-corrected chi connectivity index (χ0v) is 17.7. The smallest absolute Gasteiger partial charge is 0.227 e. The average Bonchev–Trinajstić information content (AvgIpc) is 2.99. The predicted octanol–water partition coefficient (Wildman–Crippen LogP) is 3.97. The van der Waals surface area contributed by atoms with Crippen LogP contribution in [0.2, 0.25) is 0 Å². The fourth-order valence-electron chi connectivity index (χ4n) is 4.22. The first kappa shape index (κ1) is 21.2. The lowest BCUT2D eigenvalue weighted by Crippen LogP contribution is -2.37. The molecule has 0 spiro atoms. The van der Waals surface area contributed by atoms with Gasteiger partial charge in [0.2, 0.25) is 5.91 Å². The van der Waals surface area contributed by atoms with Gasteiger partial charge in [-0.25, -0.2) is 4.39 Å². The first-order valence-corrected chi connectivity index (χ1v) is 10.8. The Bertz CT molecular complexity index is 963. The molecule has 0 saturated carbocycles. The summed E-state index contributed by atoms with van der Waals surface area (Å²) in [5.74, 6) is 0.121. The third kappa shape index (κ3) is 6.22. The van der Waals surface area contributed by atoms with Crippen LogP contribution in [0.15, 0.2) is 79.0 Å². The molecule has 4 nitrogen and oxygen atoms in total. The van der Waals surface area contributed by atoms with Crippen molar-refractivity contribution in [1.29, 1.82) is 0 Å². The van der Waals surface area contributed by atoms with E-state index in [4.69, 9.17) is 0 Å². The van der Waals surface area contributed by atoms with Gasteiger partial charge in [0.1, 0.15) is 5.82 Å². The summed E-state index contributed by atoms with van der Waals surface area (Å²) in [5, 5.41) is 0. The van der Waals surface area contributed by atoms with Crippen LogP contribution in [0.25, 0.3) is 0 Å². The van der Waals surface area contributed by atoms with E-state index in [2.05, 4.69) is 40.2 Å². The van der Waals surface area contributed by atoms with Crippen LogP contribution in [0.1, 0.15) is 16.8 Å². The number of hydrogen-bond donors (Lipinski definition) is 0. The van der Waals surface area contributed by atoms with E-state index >= 15 is 0 Å². The number of carbonyl (C=O) groups excluding carboxylic acids is 1. The van der Waals surface area contributed by atoms with Gasteiger partial charge in [-0.15, -0.1) is 0 Å². The maximum Gasteiger partial charge on any atom is 0.227 e. The summed E-state index contributed by atoms with van der Waals surface area (Å²) in [6, 6.07) is 22.7. The summed E-state index contributed by atoms with van der Waals surface area (Å²) in [6.07, 6.45) is 2.97. The summed E-state index contributed by atoms with van der Waals surface area (Å²) < 4.78 is 13.2. The van der Waals surface area contributed by atoms with E-state index in [-0.39, 0.29) is 11.7 Å². The van der Waals surface area contributed by atoms with E-state index in [0.29, 0.717) is 25.4 Å². The molecule has 5 heteroatoms. The molecule has 0 aliphatic carbocycles. The Hall–Kier alpha value is -3.05. The van der Waals surface area contributed by atoms with Crippen molar-refractivity contribution in [2.45, 2.75) is 19.4 Å². The molecule has 2 heterocycles. The minimum absolute atomic E-state index is 0.0965. The van der Waals surface area contributed by atoms with Crippen molar-refractivity contribution in [1.82, 2.24) is 14.8 Å². The summed E-state index contributed by atoms with van der Waals surface area (Å²) in [4.78, 5) is 22.0. The maximum absolute atomic E-state index is 13.2. The molecule has 31 heavy (non-hydrogen) atoms. The number of amides is 1. The molecule has 3 aromatic rings. The van der Waals surface area contributed by atoms with Gasteiger partial charge >= 0.3 is 0 Å². The van der Waals surface area contributed by atoms with E-state index in [1.165, 1.54) is 17.7 Å². The van der Waals surface area contributed by atoms with Gasteiger partial charge in [0, 0.05) is 44.6 Å². The standard InChI is InChI=1S/C26H28FN3O/c27-24-11-9-21(10-12-24)17-26(31)30-15-14-29(18-22-6-2-1-3-7-22)19-23(20-30)16-25-8-4-5-13-28-25/h1-13,23H,14-20H2. The fraction of sp³-hybridized carbons (Fsp3) is 0.308. The molecule has 1 aliphatic rings. The second-order valence-electron chi connectivity index (χ2n) is 8.25. The second-order valence-corrected chi connectivity index (χ2v) is 8.25. The summed E-state index contributed by atoms with van der Waals surface area (Å²) in [7, 11) is 0. The second kappa shape index (κ2) is 10.3. The van der Waals surface area contributed by atoms with Crippen molar-refractivity contribution in [2.75, 3.05) is 26.2 Å². The Morgan fingerprint density at radius 1 is 0.903 bits per heavy atom. The Labute approximate surface area is 183 Å². The van der Waals surface area contributed by atoms with E-state index in [1.54, 1.807) is 12.1 Å². The van der Waals surface area contributed by atoms with Crippen molar-refractivity contribution in [2.24, 2.45) is 5.92 Å². The first-order valence-electron chi connectivity index (χ1n) is 10.8. The number of pyridine rings is 1. The molecule has 1 atom stereocenters. The molecule has 1 aliphatic heterocycles. The van der Waals surface area contributed by atoms with Gasteiger partial charge in [0.05, 0.1) is 6.42 Å². The van der Waals surface area contributed by atoms with Crippen molar-refractivity contribution < 1.29 is 9.18 Å². The maximum atomic E-state index is 13.2. The number of hydrogen-bond acceptors (Lipinski definition) is 3. The lowest BCUT2D eigenvalue weighted by Gasteiger charge is -2.24. The van der Waals surface area contributed by atoms with Crippen LogP contribution in [-0.2, 0) is 24.2 Å². The van der Waals surface area contributed by atoms with Crippen LogP contribution in [0, 0.1) is 11.7 Å². The number of aromatic nitrogens is 1. The molecule has 160 valence electrons. The minimum atomic E-state index is -0.280. The number of carbonyl (C=O) groups is 1. The van der Waals surface area contributed by atoms with E-state index in [9.17, 15) is 9.18 Å². The normalized spacial score (nSPS) is 17.3. The highest BCUT2D eigenvalue weighted by Crippen LogP contribution is 2.18. The van der Waals surface area contributed by atoms with Gasteiger partial charge < -0.3 is 4.90 Å². The fourth-order valence-corrected chi connectivity index (χ4v) is 4.22. The summed E-state index contributed by atoms with van der Waals surface area (Å²) in [6.45, 7) is 4.04. The van der Waals surface area contributed by atoms with Crippen molar-refractivity contribution in [3.05, 3.63) is 102 Å². The predicted molar refractivity (Wildman–Crippen MR) is 120 cm³/mol. The minimum Gasteiger partial charge on any atom is -0.341 e. The molecule has 2 aromatic carbocycles. The highest BCUT2D eigenvalue weighted by Gasteiger charge is 2.26. The monoisotopic (exact) mass is 417 g/mol. The van der Waals surface area contributed by atoms with Crippen LogP contribution >= 0.6 is 0 Å². The average molecular weight is 418 g/mol. The van der Waals surface area contributed by atoms with Gasteiger partial charge in [0.15, 0.2) is 0 Å². The van der Waals surface area contributed by atoms with Crippen LogP contribution in [0.3, 0.4) is 0 Å². The summed E-state index contributed by atoms with van der Waals surface area (Å²) >= 11 is 0. The number of rotatable bonds is 6. The Morgan fingerprint density at radius 3 is 2.42 bits per heavy atom. The molecule has 1 fully saturated rings. The number of benzene rings is 2. The highest BCUT2D eigenvalue weighted by atomic mass is 19.1. The molecule has 1 saturated heterocycles. The van der Waals surface area contributed by atoms with Gasteiger partial charge in [-0.1, -0.05) is 48.5 Å². The molecular formula is C26H28FN3O. The van der Waals surface area contributed by atoms with E-state index in [1.807, 2.05) is 29.3 Å². The third-order valence-corrected chi connectivity index (χ3v) is 5.78. The van der Waals surface area contributed by atoms with Crippen LogP contribution in [0.5, 0.6) is 0 Å². The van der Waals surface area contributed by atoms with Crippen molar-refractivity contribution in [3.63, 3.8) is 0 Å². The molecule has 0 N–H and O–H groups in total. The number of nitrogens with zero attached hydrogens (tertiary/aromatic N) is 3. The lowest BCUT2D eigenvalue weighted by molar-refractivity contribution is -0.130. The Balaban J connectivity index is 1.47. The van der Waals surface area contributed by atoms with E-state index < -0.39 is 0 Å². The zero-order chi connectivity index (χ0) is 21.5. The van der Waals surface area contributed by atoms with Crippen molar-refractivity contribution in [3.8, 4) is 0 Å². The number of halogens is 1. The Kier molecular flexibility index (Phi) is 7.05. The lowest BCUT2D eigenvalue weighted by atomic mass is 10.0. The SMILES string of the molecule is O=C(Cc1ccc(F)cc1)N1CCN(Cc2ccccc2)CC(Cc2ccccn2)C1. The van der Waals surface area contributed by atoms with Crippen LogP contribution < -0.4 is 0 Å². The first-order chi connectivity index (χ1) is 15.2. The van der Waals surface area contributed by atoms with Gasteiger partial charge in [0.25, 0.3) is 0 Å². The molecule has 0 radical (unpaired) electrons. The van der Waals surface area contributed by atoms with Crippen molar-refractivity contribution >= 4 is 5.91 Å². The third-order valence-electron chi connectivity index (χ3n) is 5.78. The summed E-state index contributed by atoms with van der Waals surface area (Å²) in [5.41, 5.74) is 3.18. The van der Waals surface area contributed by atoms with Gasteiger partial charge in [-0.2, -0.15) is 0 Å². The zero-order valence-electron chi connectivity index (χ0n) is 17.7. The largest absolute Gasteiger partial charge is 0.341 e. The quantitative estimate of drug-likeness (QED) is 0.609. The van der Waals surface area contributed by atoms with Crippen LogP contribution in [-0.4, -0.2) is 46.9 Å². The molecule has 1 amide bonds. The Morgan fingerprint density at radius 2 is 1.68 bits per heavy atom. The molecule has 1 unspecified atom stereocenters. The van der Waals surface area contributed by atoms with Gasteiger partial charge in [-0.05, 0) is 47.7 Å². The topological polar surface area (TPSA) is 36.4 Å². The molecule has 1 aromatic heterocycles. The molecule has 4 rings (SSSR count). The molecule has 0 bridgehead atoms. The van der Waals surface area contributed by atoms with Gasteiger partial charge in [-0.3, -0.25) is 14.7 Å². The van der Waals surface area contributed by atoms with E-state index in [0.717, 1.165) is 37.3 Å².